The Hall–Kier alpha value is -2.30. The maximum Gasteiger partial charge on any atom is 0.202 e. The number of nitrogens with one attached hydrogen (secondary N) is 1. The SMILES string of the molecule is CC(C)(C)c1cc(C(=O)Cn2ccn(CCC3CCCCC3)c2=N)cc(C(C)(C)C)c1O. The van der Waals surface area contributed by atoms with Gasteiger partial charge in [-0.15, -0.1) is 0 Å². The van der Waals surface area contributed by atoms with E-state index < -0.39 is 0 Å². The summed E-state index contributed by atoms with van der Waals surface area (Å²) < 4.78 is 3.68. The van der Waals surface area contributed by atoms with Crippen molar-refractivity contribution in [2.75, 3.05) is 0 Å². The van der Waals surface area contributed by atoms with Crippen LogP contribution in [-0.2, 0) is 23.9 Å². The van der Waals surface area contributed by atoms with Crippen LogP contribution in [0.2, 0.25) is 0 Å². The van der Waals surface area contributed by atoms with Gasteiger partial charge in [-0.25, -0.2) is 0 Å². The monoisotopic (exact) mass is 439 g/mol. The summed E-state index contributed by atoms with van der Waals surface area (Å²) >= 11 is 0. The van der Waals surface area contributed by atoms with Gasteiger partial charge < -0.3 is 14.2 Å². The smallest absolute Gasteiger partial charge is 0.202 e. The van der Waals surface area contributed by atoms with Crippen molar-refractivity contribution in [1.29, 1.82) is 5.41 Å². The van der Waals surface area contributed by atoms with Gasteiger partial charge in [-0.1, -0.05) is 73.6 Å². The number of hydrogen-bond acceptors (Lipinski definition) is 3. The van der Waals surface area contributed by atoms with Crippen LogP contribution in [-0.4, -0.2) is 20.0 Å². The molecule has 1 aliphatic carbocycles. The van der Waals surface area contributed by atoms with E-state index in [-0.39, 0.29) is 28.9 Å². The number of rotatable bonds is 6. The first-order valence-corrected chi connectivity index (χ1v) is 12.1. The third-order valence-corrected chi connectivity index (χ3v) is 6.84. The lowest BCUT2D eigenvalue weighted by Gasteiger charge is -2.28. The Labute approximate surface area is 193 Å². The van der Waals surface area contributed by atoms with Crippen molar-refractivity contribution in [3.63, 3.8) is 0 Å². The lowest BCUT2D eigenvalue weighted by atomic mass is 9.78. The summed E-state index contributed by atoms with van der Waals surface area (Å²) in [5, 5.41) is 19.5. The highest BCUT2D eigenvalue weighted by Crippen LogP contribution is 2.39. The molecule has 0 bridgehead atoms. The maximum absolute atomic E-state index is 13.3. The van der Waals surface area contributed by atoms with Gasteiger partial charge in [0.2, 0.25) is 5.62 Å². The van der Waals surface area contributed by atoms with E-state index in [2.05, 4.69) is 0 Å². The van der Waals surface area contributed by atoms with Gasteiger partial charge in [0.15, 0.2) is 5.78 Å². The number of carbonyl (C=O) groups excluding carboxylic acids is 1. The average Bonchev–Trinajstić information content (AvgIpc) is 3.05. The van der Waals surface area contributed by atoms with Gasteiger partial charge >= 0.3 is 0 Å². The van der Waals surface area contributed by atoms with Crippen molar-refractivity contribution in [3.05, 3.63) is 46.8 Å². The molecule has 3 rings (SSSR count). The third kappa shape index (κ3) is 5.54. The molecule has 2 aromatic rings. The Morgan fingerprint density at radius 3 is 2.03 bits per heavy atom. The van der Waals surface area contributed by atoms with E-state index in [4.69, 9.17) is 5.41 Å². The fourth-order valence-corrected chi connectivity index (χ4v) is 4.76. The Morgan fingerprint density at radius 2 is 1.50 bits per heavy atom. The van der Waals surface area contributed by atoms with E-state index >= 15 is 0 Å². The molecule has 0 amide bonds. The number of imidazole rings is 1. The van der Waals surface area contributed by atoms with Crippen molar-refractivity contribution in [1.82, 2.24) is 9.13 Å². The van der Waals surface area contributed by atoms with Crippen molar-refractivity contribution in [3.8, 4) is 5.75 Å². The highest BCUT2D eigenvalue weighted by atomic mass is 16.3. The van der Waals surface area contributed by atoms with Gasteiger partial charge in [0, 0.05) is 35.6 Å². The molecule has 5 heteroatoms. The number of aromatic hydroxyl groups is 1. The molecule has 1 aromatic heterocycles. The zero-order valence-corrected chi connectivity index (χ0v) is 20.8. The molecule has 176 valence electrons. The van der Waals surface area contributed by atoms with Gasteiger partial charge in [-0.3, -0.25) is 10.2 Å². The molecule has 0 spiro atoms. The molecule has 0 aliphatic heterocycles. The summed E-state index contributed by atoms with van der Waals surface area (Å²) in [6.45, 7) is 13.3. The molecule has 0 radical (unpaired) electrons. The first-order valence-electron chi connectivity index (χ1n) is 12.1. The predicted octanol–water partition coefficient (Wildman–Crippen LogP) is 5.92. The number of aryl methyl sites for hydroxylation is 1. The molecular formula is C27H41N3O2. The molecule has 1 heterocycles. The summed E-state index contributed by atoms with van der Waals surface area (Å²) in [7, 11) is 0. The van der Waals surface area contributed by atoms with Crippen molar-refractivity contribution in [2.24, 2.45) is 5.92 Å². The van der Waals surface area contributed by atoms with Gasteiger partial charge in [-0.2, -0.15) is 0 Å². The zero-order valence-electron chi connectivity index (χ0n) is 20.8. The highest BCUT2D eigenvalue weighted by molar-refractivity contribution is 5.96. The second kappa shape index (κ2) is 9.29. The molecule has 0 saturated heterocycles. The van der Waals surface area contributed by atoms with Crippen LogP contribution in [0.3, 0.4) is 0 Å². The average molecular weight is 440 g/mol. The quantitative estimate of drug-likeness (QED) is 0.548. The topological polar surface area (TPSA) is 71.0 Å². The number of phenolic OH excluding ortho intramolecular Hbond substituents is 1. The van der Waals surface area contributed by atoms with Crippen LogP contribution in [0.25, 0.3) is 0 Å². The van der Waals surface area contributed by atoms with Crippen LogP contribution in [0.4, 0.5) is 0 Å². The van der Waals surface area contributed by atoms with Crippen LogP contribution >= 0.6 is 0 Å². The fourth-order valence-electron chi connectivity index (χ4n) is 4.76. The van der Waals surface area contributed by atoms with Gasteiger partial charge in [0.25, 0.3) is 0 Å². The van der Waals surface area contributed by atoms with E-state index in [1.807, 2.05) is 70.6 Å². The molecule has 2 N–H and O–H groups in total. The van der Waals surface area contributed by atoms with E-state index in [0.717, 1.165) is 30.0 Å². The van der Waals surface area contributed by atoms with Crippen molar-refractivity contribution >= 4 is 5.78 Å². The van der Waals surface area contributed by atoms with Crippen molar-refractivity contribution < 1.29 is 9.90 Å². The molecule has 0 unspecified atom stereocenters. The fraction of sp³-hybridized carbons (Fsp3) is 0.630. The Bertz CT molecular complexity index is 974. The van der Waals surface area contributed by atoms with E-state index in [9.17, 15) is 9.90 Å². The number of Topliss-reactive ketones (excluding diaryl/α,β-unsaturated/α-hetero) is 1. The van der Waals surface area contributed by atoms with Crippen LogP contribution < -0.4 is 5.62 Å². The second-order valence-electron chi connectivity index (χ2n) is 11.6. The molecule has 5 nitrogen and oxygen atoms in total. The molecular weight excluding hydrogens is 398 g/mol. The van der Waals surface area contributed by atoms with Crippen LogP contribution in [0.1, 0.15) is 102 Å². The molecule has 1 saturated carbocycles. The summed E-state index contributed by atoms with van der Waals surface area (Å²) in [6.07, 6.45) is 11.5. The first-order chi connectivity index (χ1) is 14.9. The number of carbonyl (C=O) groups is 1. The Kier molecular flexibility index (Phi) is 7.06. The summed E-state index contributed by atoms with van der Waals surface area (Å²) in [5.74, 6) is 1.01. The van der Waals surface area contributed by atoms with E-state index in [0.29, 0.717) is 11.2 Å². The number of hydrogen-bond donors (Lipinski definition) is 2. The maximum atomic E-state index is 13.3. The minimum absolute atomic E-state index is 0.0375. The minimum atomic E-state index is -0.281. The lowest BCUT2D eigenvalue weighted by Crippen LogP contribution is -2.28. The molecule has 1 fully saturated rings. The number of phenols is 1. The lowest BCUT2D eigenvalue weighted by molar-refractivity contribution is 0.0969. The summed E-state index contributed by atoms with van der Waals surface area (Å²) in [4.78, 5) is 13.3. The van der Waals surface area contributed by atoms with Gasteiger partial charge in [0.1, 0.15) is 5.75 Å². The largest absolute Gasteiger partial charge is 0.507 e. The standard InChI is InChI=1S/C27H41N3O2/c1-26(2,3)21-16-20(17-22(24(21)32)27(4,5)6)23(31)18-30-15-14-29(25(30)28)13-12-19-10-8-7-9-11-19/h14-17,19,28,32H,7-13,18H2,1-6H3. The third-order valence-electron chi connectivity index (χ3n) is 6.84. The normalized spacial score (nSPS) is 15.8. The molecule has 1 aliphatic rings. The van der Waals surface area contributed by atoms with Gasteiger partial charge in [0.05, 0.1) is 6.54 Å². The first kappa shape index (κ1) is 24.3. The van der Waals surface area contributed by atoms with Gasteiger partial charge in [-0.05, 0) is 35.3 Å². The number of benzene rings is 1. The van der Waals surface area contributed by atoms with E-state index in [1.54, 1.807) is 4.57 Å². The molecule has 32 heavy (non-hydrogen) atoms. The molecule has 0 atom stereocenters. The van der Waals surface area contributed by atoms with Crippen LogP contribution in [0.5, 0.6) is 5.75 Å². The number of ketones is 1. The Balaban J connectivity index is 1.81. The molecule has 1 aromatic carbocycles. The number of aromatic nitrogens is 2. The summed E-state index contributed by atoms with van der Waals surface area (Å²) in [6, 6.07) is 3.66. The minimum Gasteiger partial charge on any atom is -0.507 e. The van der Waals surface area contributed by atoms with E-state index in [1.165, 1.54) is 32.1 Å². The zero-order chi connectivity index (χ0) is 23.7. The highest BCUT2D eigenvalue weighted by Gasteiger charge is 2.28. The van der Waals surface area contributed by atoms with Crippen molar-refractivity contribution in [2.45, 2.75) is 104 Å². The Morgan fingerprint density at radius 1 is 0.969 bits per heavy atom. The van der Waals surface area contributed by atoms with Crippen LogP contribution in [0, 0.1) is 11.3 Å². The summed E-state index contributed by atoms with van der Waals surface area (Å²) in [5.41, 5.74) is 1.98. The predicted molar refractivity (Wildman–Crippen MR) is 129 cm³/mol. The number of nitrogens with zero attached hydrogens (tertiary/aromatic N) is 2. The second-order valence-corrected chi connectivity index (χ2v) is 11.6. The van der Waals surface area contributed by atoms with Crippen LogP contribution in [0.15, 0.2) is 24.5 Å².